The molecule has 29 heavy (non-hydrogen) atoms. The third kappa shape index (κ3) is 3.27. The van der Waals surface area contributed by atoms with Gasteiger partial charge >= 0.3 is 0 Å². The largest absolute Gasteiger partial charge is 0.358 e. The zero-order valence-electron chi connectivity index (χ0n) is 15.4. The molecule has 0 spiro atoms. The predicted molar refractivity (Wildman–Crippen MR) is 112 cm³/mol. The fourth-order valence-electron chi connectivity index (χ4n) is 3.48. The number of aromatic amines is 1. The van der Waals surface area contributed by atoms with E-state index in [0.717, 1.165) is 27.9 Å². The van der Waals surface area contributed by atoms with Crippen LogP contribution in [0.25, 0.3) is 27.8 Å². The van der Waals surface area contributed by atoms with Gasteiger partial charge in [-0.05, 0) is 19.1 Å². The van der Waals surface area contributed by atoms with E-state index in [1.54, 1.807) is 16.8 Å². The Kier molecular flexibility index (Phi) is 4.13. The van der Waals surface area contributed by atoms with Gasteiger partial charge in [0.25, 0.3) is 0 Å². The SMILES string of the molecule is Cc1[nH]c2ccccc2c1-c1csc(NC(=O)Cc2cn3ccc(F)cc3n2)n1. The van der Waals surface area contributed by atoms with E-state index in [1.165, 1.54) is 23.5 Å². The van der Waals surface area contributed by atoms with Crippen molar-refractivity contribution in [1.29, 1.82) is 0 Å². The molecule has 1 aromatic carbocycles. The number of pyridine rings is 1. The highest BCUT2D eigenvalue weighted by molar-refractivity contribution is 7.14. The van der Waals surface area contributed by atoms with E-state index in [2.05, 4.69) is 26.3 Å². The fraction of sp³-hybridized carbons (Fsp3) is 0.0952. The number of imidazole rings is 1. The van der Waals surface area contributed by atoms with Gasteiger partial charge in [0.1, 0.15) is 11.5 Å². The van der Waals surface area contributed by atoms with Crippen molar-refractivity contribution in [3.63, 3.8) is 0 Å². The number of halogens is 1. The summed E-state index contributed by atoms with van der Waals surface area (Å²) in [6, 6.07) is 10.7. The predicted octanol–water partition coefficient (Wildman–Crippen LogP) is 4.57. The van der Waals surface area contributed by atoms with Gasteiger partial charge in [0.05, 0.1) is 17.8 Å². The van der Waals surface area contributed by atoms with Crippen molar-refractivity contribution in [1.82, 2.24) is 19.4 Å². The van der Waals surface area contributed by atoms with Gasteiger partial charge in [0, 0.05) is 46.0 Å². The van der Waals surface area contributed by atoms with Crippen LogP contribution in [0.1, 0.15) is 11.4 Å². The third-order valence-electron chi connectivity index (χ3n) is 4.71. The quantitative estimate of drug-likeness (QED) is 0.460. The molecule has 1 amide bonds. The molecule has 2 N–H and O–H groups in total. The molecule has 8 heteroatoms. The number of benzene rings is 1. The highest BCUT2D eigenvalue weighted by atomic mass is 32.1. The molecule has 6 nitrogen and oxygen atoms in total. The average molecular weight is 405 g/mol. The number of aromatic nitrogens is 4. The number of hydrogen-bond acceptors (Lipinski definition) is 4. The van der Waals surface area contributed by atoms with Gasteiger partial charge in [-0.2, -0.15) is 0 Å². The minimum absolute atomic E-state index is 0.0876. The number of aryl methyl sites for hydroxylation is 1. The first kappa shape index (κ1) is 17.6. The summed E-state index contributed by atoms with van der Waals surface area (Å²) in [7, 11) is 0. The molecule has 0 unspecified atom stereocenters. The average Bonchev–Trinajstić information content (AvgIpc) is 3.37. The van der Waals surface area contributed by atoms with Crippen molar-refractivity contribution in [2.75, 3.05) is 5.32 Å². The van der Waals surface area contributed by atoms with E-state index < -0.39 is 0 Å². The van der Waals surface area contributed by atoms with Gasteiger partial charge in [-0.1, -0.05) is 18.2 Å². The van der Waals surface area contributed by atoms with Crippen LogP contribution in [0, 0.1) is 12.7 Å². The summed E-state index contributed by atoms with van der Waals surface area (Å²) in [5.74, 6) is -0.576. The number of hydrogen-bond donors (Lipinski definition) is 2. The standard InChI is InChI=1S/C21H16FN5OS/c1-12-20(15-4-2-3-5-16(15)23-12)17-11-29-21(25-17)26-19(28)9-14-10-27-7-6-13(22)8-18(27)24-14/h2-8,10-11,23H,9H2,1H3,(H,25,26,28). The lowest BCUT2D eigenvalue weighted by Gasteiger charge is -1.99. The fourth-order valence-corrected chi connectivity index (χ4v) is 4.19. The van der Waals surface area contributed by atoms with Crippen LogP contribution in [0.5, 0.6) is 0 Å². The Hall–Kier alpha value is -3.52. The molecule has 5 rings (SSSR count). The number of thiazole rings is 1. The van der Waals surface area contributed by atoms with Crippen molar-refractivity contribution >= 4 is 38.9 Å². The van der Waals surface area contributed by atoms with Crippen LogP contribution in [-0.4, -0.2) is 25.3 Å². The van der Waals surface area contributed by atoms with Crippen molar-refractivity contribution in [3.05, 3.63) is 71.4 Å². The van der Waals surface area contributed by atoms with E-state index in [9.17, 15) is 9.18 Å². The molecule has 0 atom stereocenters. The Bertz CT molecular complexity index is 1370. The van der Waals surface area contributed by atoms with Gasteiger partial charge in [-0.15, -0.1) is 11.3 Å². The van der Waals surface area contributed by atoms with E-state index in [1.807, 2.05) is 30.5 Å². The Morgan fingerprint density at radius 3 is 3.03 bits per heavy atom. The van der Waals surface area contributed by atoms with E-state index >= 15 is 0 Å². The molecule has 0 aliphatic rings. The van der Waals surface area contributed by atoms with Crippen LogP contribution in [0.4, 0.5) is 9.52 Å². The molecular formula is C21H16FN5OS. The van der Waals surface area contributed by atoms with Crippen LogP contribution < -0.4 is 5.32 Å². The van der Waals surface area contributed by atoms with Crippen LogP contribution in [0.3, 0.4) is 0 Å². The molecule has 5 aromatic rings. The number of fused-ring (bicyclic) bond motifs is 2. The van der Waals surface area contributed by atoms with Gasteiger partial charge in [-0.25, -0.2) is 14.4 Å². The number of carbonyl (C=O) groups is 1. The second kappa shape index (κ2) is 6.82. The smallest absolute Gasteiger partial charge is 0.232 e. The number of nitrogens with zero attached hydrogens (tertiary/aromatic N) is 3. The second-order valence-electron chi connectivity index (χ2n) is 6.78. The summed E-state index contributed by atoms with van der Waals surface area (Å²) in [5.41, 5.74) is 4.99. The first-order valence-corrected chi connectivity index (χ1v) is 9.91. The number of rotatable bonds is 4. The summed E-state index contributed by atoms with van der Waals surface area (Å²) in [4.78, 5) is 24.7. The molecular weight excluding hydrogens is 389 g/mol. The summed E-state index contributed by atoms with van der Waals surface area (Å²) >= 11 is 1.38. The van der Waals surface area contributed by atoms with Crippen molar-refractivity contribution in [2.45, 2.75) is 13.3 Å². The van der Waals surface area contributed by atoms with Crippen LogP contribution in [0.15, 0.2) is 54.2 Å². The van der Waals surface area contributed by atoms with E-state index in [-0.39, 0.29) is 18.1 Å². The zero-order chi connectivity index (χ0) is 20.0. The number of anilines is 1. The molecule has 0 aliphatic carbocycles. The maximum Gasteiger partial charge on any atom is 0.232 e. The van der Waals surface area contributed by atoms with E-state index in [4.69, 9.17) is 0 Å². The lowest BCUT2D eigenvalue weighted by molar-refractivity contribution is -0.115. The van der Waals surface area contributed by atoms with Gasteiger partial charge in [0.15, 0.2) is 5.13 Å². The molecule has 0 aliphatic heterocycles. The Labute approximate surface area is 169 Å². The summed E-state index contributed by atoms with van der Waals surface area (Å²) < 4.78 is 15.0. The maximum absolute atomic E-state index is 13.3. The third-order valence-corrected chi connectivity index (χ3v) is 5.47. The molecule has 4 heterocycles. The van der Waals surface area contributed by atoms with Gasteiger partial charge in [0.2, 0.25) is 5.91 Å². The molecule has 0 saturated carbocycles. The van der Waals surface area contributed by atoms with Crippen molar-refractivity contribution < 1.29 is 9.18 Å². The molecule has 0 saturated heterocycles. The zero-order valence-corrected chi connectivity index (χ0v) is 16.3. The van der Waals surface area contributed by atoms with Crippen LogP contribution in [-0.2, 0) is 11.2 Å². The number of amides is 1. The highest BCUT2D eigenvalue weighted by Crippen LogP contribution is 2.33. The number of nitrogens with one attached hydrogen (secondary N) is 2. The lowest BCUT2D eigenvalue weighted by Crippen LogP contribution is -2.14. The summed E-state index contributed by atoms with van der Waals surface area (Å²) in [5, 5.41) is 6.40. The topological polar surface area (TPSA) is 75.1 Å². The Morgan fingerprint density at radius 2 is 2.14 bits per heavy atom. The van der Waals surface area contributed by atoms with Crippen LogP contribution >= 0.6 is 11.3 Å². The number of H-pyrrole nitrogens is 1. The molecule has 0 fully saturated rings. The van der Waals surface area contributed by atoms with Crippen molar-refractivity contribution in [2.24, 2.45) is 0 Å². The van der Waals surface area contributed by atoms with Gasteiger partial charge < -0.3 is 14.7 Å². The highest BCUT2D eigenvalue weighted by Gasteiger charge is 2.15. The Balaban J connectivity index is 1.35. The Morgan fingerprint density at radius 1 is 1.28 bits per heavy atom. The molecule has 0 radical (unpaired) electrons. The van der Waals surface area contributed by atoms with E-state index in [0.29, 0.717) is 16.5 Å². The molecule has 144 valence electrons. The number of carbonyl (C=O) groups excluding carboxylic acids is 1. The first-order chi connectivity index (χ1) is 14.1. The van der Waals surface area contributed by atoms with Crippen molar-refractivity contribution in [3.8, 4) is 11.3 Å². The minimum Gasteiger partial charge on any atom is -0.358 e. The lowest BCUT2D eigenvalue weighted by atomic mass is 10.1. The van der Waals surface area contributed by atoms with Gasteiger partial charge in [-0.3, -0.25) is 4.79 Å². The second-order valence-corrected chi connectivity index (χ2v) is 7.63. The summed E-state index contributed by atoms with van der Waals surface area (Å²) in [6.07, 6.45) is 3.39. The monoisotopic (exact) mass is 405 g/mol. The molecule has 0 bridgehead atoms. The maximum atomic E-state index is 13.3. The summed E-state index contributed by atoms with van der Waals surface area (Å²) in [6.45, 7) is 2.01. The normalized spacial score (nSPS) is 11.4. The minimum atomic E-state index is -0.359. The number of para-hydroxylation sites is 1. The van der Waals surface area contributed by atoms with Crippen LogP contribution in [0.2, 0.25) is 0 Å². The molecule has 4 aromatic heterocycles. The first-order valence-electron chi connectivity index (χ1n) is 9.03.